The molecule has 0 aliphatic rings. The van der Waals surface area contributed by atoms with Gasteiger partial charge >= 0.3 is 0 Å². The molecule has 0 spiro atoms. The molecule has 0 saturated heterocycles. The molecule has 13 aromatic rings. The summed E-state index contributed by atoms with van der Waals surface area (Å²) in [5.74, 6) is 0. The molecule has 12 aromatic carbocycles. The third-order valence-electron chi connectivity index (χ3n) is 13.1. The van der Waals surface area contributed by atoms with Crippen LogP contribution < -0.4 is 0 Å². The zero-order valence-electron chi connectivity index (χ0n) is 33.3. The van der Waals surface area contributed by atoms with Gasteiger partial charge in [0.15, 0.2) is 0 Å². The molecule has 0 radical (unpaired) electrons. The molecular weight excluding hydrogens is 735 g/mol. The summed E-state index contributed by atoms with van der Waals surface area (Å²) in [4.78, 5) is 0. The second-order valence-corrected chi connectivity index (χ2v) is 16.3. The minimum atomic E-state index is 1.21. The number of rotatable bonds is 4. The van der Waals surface area contributed by atoms with E-state index in [1.807, 2.05) is 0 Å². The average molecular weight is 772 g/mol. The van der Waals surface area contributed by atoms with Gasteiger partial charge in [-0.15, -0.1) is 0 Å². The van der Waals surface area contributed by atoms with Gasteiger partial charge in [-0.25, -0.2) is 0 Å². The van der Waals surface area contributed by atoms with E-state index in [4.69, 9.17) is 0 Å². The van der Waals surface area contributed by atoms with Crippen LogP contribution in [0.25, 0.3) is 126 Å². The first-order valence-corrected chi connectivity index (χ1v) is 21.2. The maximum absolute atomic E-state index is 2.51. The van der Waals surface area contributed by atoms with Crippen molar-refractivity contribution in [3.05, 3.63) is 224 Å². The lowest BCUT2D eigenvalue weighted by Gasteiger charge is -2.23. The van der Waals surface area contributed by atoms with E-state index in [1.165, 1.54) is 126 Å². The van der Waals surface area contributed by atoms with Crippen molar-refractivity contribution in [3.8, 4) is 39.1 Å². The molecule has 61 heavy (non-hydrogen) atoms. The van der Waals surface area contributed by atoms with Crippen LogP contribution >= 0.6 is 0 Å². The Kier molecular flexibility index (Phi) is 7.37. The number of aromatic nitrogens is 1. The van der Waals surface area contributed by atoms with Crippen LogP contribution in [-0.4, -0.2) is 4.57 Å². The van der Waals surface area contributed by atoms with Crippen molar-refractivity contribution in [3.63, 3.8) is 0 Å². The lowest BCUT2D eigenvalue weighted by Crippen LogP contribution is -2.00. The minimum absolute atomic E-state index is 1.21. The van der Waals surface area contributed by atoms with Crippen molar-refractivity contribution < 1.29 is 0 Å². The fraction of sp³-hybridized carbons (Fsp3) is 0. The first-order chi connectivity index (χ1) is 30.3. The van der Waals surface area contributed by atoms with Crippen LogP contribution in [0.5, 0.6) is 0 Å². The largest absolute Gasteiger partial charge is 0.308 e. The Labute approximate surface area is 353 Å². The molecule has 0 aliphatic heterocycles. The maximum Gasteiger partial charge on any atom is 0.0619 e. The highest BCUT2D eigenvalue weighted by atomic mass is 15.0. The molecule has 0 fully saturated rings. The molecular formula is C60H37N. The lowest BCUT2D eigenvalue weighted by atomic mass is 9.81. The number of hydrogen-bond acceptors (Lipinski definition) is 0. The third-order valence-corrected chi connectivity index (χ3v) is 13.1. The first kappa shape index (κ1) is 33.9. The summed E-state index contributed by atoms with van der Waals surface area (Å²) >= 11 is 0. The molecule has 0 unspecified atom stereocenters. The highest BCUT2D eigenvalue weighted by molar-refractivity contribution is 6.30. The molecule has 1 heteroatoms. The van der Waals surface area contributed by atoms with Crippen LogP contribution in [0.2, 0.25) is 0 Å². The van der Waals surface area contributed by atoms with Gasteiger partial charge < -0.3 is 4.57 Å². The van der Waals surface area contributed by atoms with E-state index in [0.717, 1.165) is 0 Å². The smallest absolute Gasteiger partial charge is 0.0619 e. The normalized spacial score (nSPS) is 11.9. The second-order valence-electron chi connectivity index (χ2n) is 16.3. The third kappa shape index (κ3) is 5.02. The van der Waals surface area contributed by atoms with Crippen molar-refractivity contribution in [1.29, 1.82) is 0 Å². The van der Waals surface area contributed by atoms with E-state index in [1.54, 1.807) is 0 Å². The summed E-state index contributed by atoms with van der Waals surface area (Å²) in [6, 6.07) is 83.3. The Balaban J connectivity index is 1.18. The molecule has 282 valence electrons. The maximum atomic E-state index is 2.51. The Morgan fingerprint density at radius 1 is 0.230 bits per heavy atom. The molecule has 1 nitrogen and oxygen atoms in total. The van der Waals surface area contributed by atoms with E-state index in [-0.39, 0.29) is 0 Å². The molecule has 0 saturated carbocycles. The fourth-order valence-electron chi connectivity index (χ4n) is 10.5. The van der Waals surface area contributed by atoms with Crippen LogP contribution in [0.15, 0.2) is 224 Å². The molecule has 0 atom stereocenters. The monoisotopic (exact) mass is 771 g/mol. The summed E-state index contributed by atoms with van der Waals surface area (Å²) in [5, 5.41) is 17.5. The lowest BCUT2D eigenvalue weighted by molar-refractivity contribution is 1.21. The molecule has 1 heterocycles. The Hall–Kier alpha value is -8.00. The first-order valence-electron chi connectivity index (χ1n) is 21.2. The zero-order chi connectivity index (χ0) is 40.0. The van der Waals surface area contributed by atoms with E-state index in [2.05, 4.69) is 229 Å². The van der Waals surface area contributed by atoms with Crippen LogP contribution in [0, 0.1) is 0 Å². The van der Waals surface area contributed by atoms with Crippen LogP contribution in [0.3, 0.4) is 0 Å². The van der Waals surface area contributed by atoms with Gasteiger partial charge in [-0.05, 0) is 118 Å². The van der Waals surface area contributed by atoms with E-state index in [0.29, 0.717) is 0 Å². The molecule has 1 aromatic heterocycles. The van der Waals surface area contributed by atoms with Crippen LogP contribution in [0.1, 0.15) is 0 Å². The predicted molar refractivity (Wildman–Crippen MR) is 262 cm³/mol. The van der Waals surface area contributed by atoms with E-state index in [9.17, 15) is 0 Å². The number of benzene rings is 12. The average Bonchev–Trinajstić information content (AvgIpc) is 3.65. The SMILES string of the molecule is c1ccc(-c2c3ccccc3c(-c3c4ccccc4c(-n4c5ccccc5c5ccccc54)c4ccccc34)c3ccc(-c4cccc5cc6ccccc6cc45)cc23)cc1. The highest BCUT2D eigenvalue weighted by Gasteiger charge is 2.24. The number of nitrogens with zero attached hydrogens (tertiary/aromatic N) is 1. The van der Waals surface area contributed by atoms with Gasteiger partial charge in [-0.2, -0.15) is 0 Å². The highest BCUT2D eigenvalue weighted by Crippen LogP contribution is 2.50. The summed E-state index contributed by atoms with van der Waals surface area (Å²) in [6.07, 6.45) is 0. The van der Waals surface area contributed by atoms with Crippen LogP contribution in [-0.2, 0) is 0 Å². The molecule has 0 amide bonds. The molecule has 0 bridgehead atoms. The van der Waals surface area contributed by atoms with Crippen LogP contribution in [0.4, 0.5) is 0 Å². The Bertz CT molecular complexity index is 3820. The molecule has 13 rings (SSSR count). The quantitative estimate of drug-likeness (QED) is 0.157. The zero-order valence-corrected chi connectivity index (χ0v) is 33.3. The van der Waals surface area contributed by atoms with Gasteiger partial charge in [0.25, 0.3) is 0 Å². The van der Waals surface area contributed by atoms with E-state index < -0.39 is 0 Å². The van der Waals surface area contributed by atoms with Gasteiger partial charge in [0, 0.05) is 21.5 Å². The predicted octanol–water partition coefficient (Wildman–Crippen LogP) is 16.7. The summed E-state index contributed by atoms with van der Waals surface area (Å²) in [5.41, 5.74) is 11.1. The Morgan fingerprint density at radius 2 is 0.689 bits per heavy atom. The fourth-order valence-corrected chi connectivity index (χ4v) is 10.5. The Morgan fingerprint density at radius 3 is 1.31 bits per heavy atom. The van der Waals surface area contributed by atoms with Crippen molar-refractivity contribution in [2.24, 2.45) is 0 Å². The molecule has 0 N–H and O–H groups in total. The van der Waals surface area contributed by atoms with Gasteiger partial charge in [0.1, 0.15) is 0 Å². The van der Waals surface area contributed by atoms with Gasteiger partial charge in [-0.3, -0.25) is 0 Å². The number of fused-ring (bicyclic) bond motifs is 9. The van der Waals surface area contributed by atoms with Crippen molar-refractivity contribution in [2.45, 2.75) is 0 Å². The number of hydrogen-bond donors (Lipinski definition) is 0. The topological polar surface area (TPSA) is 4.93 Å². The van der Waals surface area contributed by atoms with Crippen molar-refractivity contribution in [1.82, 2.24) is 4.57 Å². The summed E-state index contributed by atoms with van der Waals surface area (Å²) < 4.78 is 2.51. The standard InChI is InChI=1S/C60H37N/c1-2-17-38(18-3-1)57-46-24-6-7-25-47(46)58(50-34-33-42(37-54(50)57)43-30-16-21-41-35-39-19-4-5-20-40(39)36-53(41)43)59-48-26-8-10-28-51(48)60(52-29-11-9-27-49(52)59)61-55-31-14-12-22-44(55)45-23-13-15-32-56(45)61/h1-37H. The van der Waals surface area contributed by atoms with Crippen molar-refractivity contribution >= 4 is 86.4 Å². The van der Waals surface area contributed by atoms with E-state index >= 15 is 0 Å². The summed E-state index contributed by atoms with van der Waals surface area (Å²) in [6.45, 7) is 0. The van der Waals surface area contributed by atoms with Gasteiger partial charge in [0.05, 0.1) is 16.7 Å². The minimum Gasteiger partial charge on any atom is -0.308 e. The molecule has 0 aliphatic carbocycles. The van der Waals surface area contributed by atoms with Crippen molar-refractivity contribution in [2.75, 3.05) is 0 Å². The van der Waals surface area contributed by atoms with Gasteiger partial charge in [0.2, 0.25) is 0 Å². The number of para-hydroxylation sites is 2. The van der Waals surface area contributed by atoms with Gasteiger partial charge in [-0.1, -0.05) is 194 Å². The second kappa shape index (κ2) is 13.3. The summed E-state index contributed by atoms with van der Waals surface area (Å²) in [7, 11) is 0.